The lowest BCUT2D eigenvalue weighted by atomic mass is 10.3. The van der Waals surface area contributed by atoms with Gasteiger partial charge in [-0.25, -0.2) is 8.78 Å². The van der Waals surface area contributed by atoms with E-state index in [4.69, 9.17) is 16.4 Å². The summed E-state index contributed by atoms with van der Waals surface area (Å²) in [7, 11) is 1.22. The molecular weight excluding hydrogens is 244 g/mol. The summed E-state index contributed by atoms with van der Waals surface area (Å²) in [4.78, 5) is 0. The largest absolute Gasteiger partial charge is 0.494 e. The fourth-order valence-electron chi connectivity index (χ4n) is 1.03. The van der Waals surface area contributed by atoms with Crippen LogP contribution in [-0.4, -0.2) is 18.7 Å². The number of benzene rings is 1. The summed E-state index contributed by atoms with van der Waals surface area (Å²) in [6.07, 6.45) is 0. The van der Waals surface area contributed by atoms with E-state index in [0.29, 0.717) is 6.07 Å². The fourth-order valence-corrected chi connectivity index (χ4v) is 1.03. The Labute approximate surface area is 101 Å². The van der Waals surface area contributed by atoms with E-state index in [1.54, 1.807) is 6.07 Å². The number of halogens is 2. The fraction of sp³-hybridized carbons (Fsp3) is 0.100. The zero-order valence-corrected chi connectivity index (χ0v) is 9.29. The third kappa shape index (κ3) is 2.91. The lowest BCUT2D eigenvalue weighted by Crippen LogP contribution is -2.22. The molecule has 0 fully saturated rings. The molecule has 6 nitrogen and oxygen atoms in total. The Morgan fingerprint density at radius 1 is 1.50 bits per heavy atom. The van der Waals surface area contributed by atoms with Gasteiger partial charge in [0.2, 0.25) is 5.71 Å². The number of hydrazone groups is 1. The topological polar surface area (TPSA) is 107 Å². The van der Waals surface area contributed by atoms with Gasteiger partial charge in [-0.05, 0) is 0 Å². The highest BCUT2D eigenvalue weighted by atomic mass is 19.1. The molecule has 0 amide bonds. The second-order valence-corrected chi connectivity index (χ2v) is 3.06. The Kier molecular flexibility index (Phi) is 4.15. The predicted molar refractivity (Wildman–Crippen MR) is 61.5 cm³/mol. The molecule has 0 heterocycles. The van der Waals surface area contributed by atoms with Gasteiger partial charge in [0, 0.05) is 12.1 Å². The Morgan fingerprint density at radius 3 is 2.67 bits per heavy atom. The molecule has 4 N–H and O–H groups in total. The number of hydrogen-bond donors (Lipinski definition) is 3. The second kappa shape index (κ2) is 5.58. The van der Waals surface area contributed by atoms with Gasteiger partial charge >= 0.3 is 0 Å². The minimum Gasteiger partial charge on any atom is -0.494 e. The zero-order chi connectivity index (χ0) is 13.7. The van der Waals surface area contributed by atoms with Crippen molar-refractivity contribution in [1.29, 1.82) is 10.7 Å². The van der Waals surface area contributed by atoms with Gasteiger partial charge < -0.3 is 10.5 Å². The van der Waals surface area contributed by atoms with Crippen LogP contribution < -0.4 is 15.9 Å². The molecule has 1 aromatic rings. The molecule has 0 aliphatic carbocycles. The van der Waals surface area contributed by atoms with Gasteiger partial charge in [-0.3, -0.25) is 10.8 Å². The van der Waals surface area contributed by atoms with Crippen molar-refractivity contribution in [2.75, 3.05) is 12.5 Å². The smallest absolute Gasteiger partial charge is 0.201 e. The molecule has 0 spiro atoms. The molecule has 0 aromatic heterocycles. The summed E-state index contributed by atoms with van der Waals surface area (Å²) < 4.78 is 31.1. The number of rotatable bonds is 4. The maximum Gasteiger partial charge on any atom is 0.201 e. The summed E-state index contributed by atoms with van der Waals surface area (Å²) in [5.74, 6) is -2.54. The monoisotopic (exact) mass is 253 g/mol. The maximum atomic E-state index is 13.3. The summed E-state index contributed by atoms with van der Waals surface area (Å²) in [5.41, 5.74) is 6.59. The Morgan fingerprint density at radius 2 is 2.17 bits per heavy atom. The lowest BCUT2D eigenvalue weighted by molar-refractivity contribution is 0.384. The molecule has 0 unspecified atom stereocenters. The Hall–Kier alpha value is -2.69. The summed E-state index contributed by atoms with van der Waals surface area (Å²) in [6.45, 7) is 0. The summed E-state index contributed by atoms with van der Waals surface area (Å²) in [6, 6.07) is 3.18. The van der Waals surface area contributed by atoms with E-state index in [9.17, 15) is 8.78 Å². The third-order valence-corrected chi connectivity index (χ3v) is 1.89. The summed E-state index contributed by atoms with van der Waals surface area (Å²) >= 11 is 0. The highest BCUT2D eigenvalue weighted by Gasteiger charge is 2.10. The number of ether oxygens (including phenoxy) is 1. The molecule has 0 aliphatic rings. The van der Waals surface area contributed by atoms with Crippen LogP contribution in [0.3, 0.4) is 0 Å². The number of hydrogen-bond acceptors (Lipinski definition) is 5. The SMILES string of the molecule is COc1cc(N/N=C(\C#N)C(=N)N)c(F)cc1F. The zero-order valence-electron chi connectivity index (χ0n) is 9.29. The maximum absolute atomic E-state index is 13.3. The molecule has 94 valence electrons. The third-order valence-electron chi connectivity index (χ3n) is 1.89. The van der Waals surface area contributed by atoms with Gasteiger partial charge in [-0.1, -0.05) is 0 Å². The number of methoxy groups -OCH3 is 1. The van der Waals surface area contributed by atoms with Gasteiger partial charge in [-0.15, -0.1) is 0 Å². The average molecular weight is 253 g/mol. The number of nitrogens with two attached hydrogens (primary N) is 1. The number of amidine groups is 1. The number of nitrogens with one attached hydrogen (secondary N) is 2. The van der Waals surface area contributed by atoms with Gasteiger partial charge in [0.15, 0.2) is 23.2 Å². The first-order valence-electron chi connectivity index (χ1n) is 4.60. The van der Waals surface area contributed by atoms with Crippen LogP contribution in [0.25, 0.3) is 0 Å². The van der Waals surface area contributed by atoms with Gasteiger partial charge in [0.1, 0.15) is 6.07 Å². The van der Waals surface area contributed by atoms with E-state index in [1.807, 2.05) is 0 Å². The van der Waals surface area contributed by atoms with Crippen LogP contribution in [0.1, 0.15) is 0 Å². The van der Waals surface area contributed by atoms with E-state index >= 15 is 0 Å². The van der Waals surface area contributed by atoms with Crippen LogP contribution in [0.2, 0.25) is 0 Å². The first kappa shape index (κ1) is 13.4. The standard InChI is InChI=1S/C10H9F2N5O/c1-18-9-3-7(5(11)2-6(9)12)16-17-8(4-13)10(14)15/h2-3,16H,1H3,(H3,14,15)/b17-8+. The van der Waals surface area contributed by atoms with E-state index in [1.165, 1.54) is 7.11 Å². The number of anilines is 1. The molecule has 1 rings (SSSR count). The second-order valence-electron chi connectivity index (χ2n) is 3.06. The number of nitriles is 1. The van der Waals surface area contributed by atoms with Crippen molar-refractivity contribution in [2.45, 2.75) is 0 Å². The van der Waals surface area contributed by atoms with E-state index in [-0.39, 0.29) is 11.4 Å². The molecule has 0 aliphatic heterocycles. The normalized spacial score (nSPS) is 10.7. The van der Waals surface area contributed by atoms with Crippen LogP contribution >= 0.6 is 0 Å². The lowest BCUT2D eigenvalue weighted by Gasteiger charge is -2.06. The molecule has 8 heteroatoms. The molecule has 18 heavy (non-hydrogen) atoms. The first-order valence-corrected chi connectivity index (χ1v) is 4.60. The minimum absolute atomic E-state index is 0.185. The predicted octanol–water partition coefficient (Wildman–Crippen LogP) is 1.20. The molecule has 0 bridgehead atoms. The van der Waals surface area contributed by atoms with Crippen LogP contribution in [-0.2, 0) is 0 Å². The van der Waals surface area contributed by atoms with Crippen molar-refractivity contribution in [3.63, 3.8) is 0 Å². The highest BCUT2D eigenvalue weighted by Crippen LogP contribution is 2.24. The minimum atomic E-state index is -0.919. The average Bonchev–Trinajstić information content (AvgIpc) is 2.31. The van der Waals surface area contributed by atoms with E-state index < -0.39 is 23.2 Å². The Bertz CT molecular complexity index is 550. The van der Waals surface area contributed by atoms with Crippen molar-refractivity contribution in [1.82, 2.24) is 0 Å². The molecule has 1 aromatic carbocycles. The van der Waals surface area contributed by atoms with Gasteiger partial charge in [0.25, 0.3) is 0 Å². The van der Waals surface area contributed by atoms with Crippen molar-refractivity contribution < 1.29 is 13.5 Å². The molecule has 0 saturated heterocycles. The van der Waals surface area contributed by atoms with Crippen molar-refractivity contribution >= 4 is 17.2 Å². The van der Waals surface area contributed by atoms with E-state index in [2.05, 4.69) is 15.3 Å². The van der Waals surface area contributed by atoms with Crippen molar-refractivity contribution in [3.05, 3.63) is 23.8 Å². The van der Waals surface area contributed by atoms with Crippen LogP contribution in [0.5, 0.6) is 5.75 Å². The van der Waals surface area contributed by atoms with Crippen LogP contribution in [0, 0.1) is 28.4 Å². The van der Waals surface area contributed by atoms with E-state index in [0.717, 1.165) is 6.07 Å². The Balaban J connectivity index is 3.06. The van der Waals surface area contributed by atoms with Crippen molar-refractivity contribution in [3.8, 4) is 11.8 Å². The molecule has 0 radical (unpaired) electrons. The number of nitrogens with zero attached hydrogens (tertiary/aromatic N) is 2. The molecular formula is C10H9F2N5O. The highest BCUT2D eigenvalue weighted by molar-refractivity contribution is 6.45. The quantitative estimate of drug-likeness (QED) is 0.425. The van der Waals surface area contributed by atoms with Crippen LogP contribution in [0.15, 0.2) is 17.2 Å². The molecule has 0 saturated carbocycles. The van der Waals surface area contributed by atoms with Crippen LogP contribution in [0.4, 0.5) is 14.5 Å². The molecule has 0 atom stereocenters. The first-order chi connectivity index (χ1) is 8.49. The van der Waals surface area contributed by atoms with Gasteiger partial charge in [0.05, 0.1) is 12.8 Å². The summed E-state index contributed by atoms with van der Waals surface area (Å²) in [5, 5.41) is 19.0. The van der Waals surface area contributed by atoms with Crippen molar-refractivity contribution in [2.24, 2.45) is 10.8 Å². The van der Waals surface area contributed by atoms with Gasteiger partial charge in [-0.2, -0.15) is 10.4 Å².